The smallest absolute Gasteiger partial charge is 0.128 e. The van der Waals surface area contributed by atoms with Crippen LogP contribution in [0, 0.1) is 0 Å². The molecule has 0 amide bonds. The third kappa shape index (κ3) is 2.57. The lowest BCUT2D eigenvalue weighted by Gasteiger charge is -2.39. The van der Waals surface area contributed by atoms with E-state index in [1.54, 1.807) is 25.3 Å². The fraction of sp³-hybridized carbons (Fsp3) is 0.455. The predicted octanol–water partition coefficient (Wildman–Crippen LogP) is 3.77. The van der Waals surface area contributed by atoms with E-state index < -0.39 is 0 Å². The summed E-state index contributed by atoms with van der Waals surface area (Å²) in [6.07, 6.45) is 0.672. The van der Waals surface area contributed by atoms with E-state index in [0.29, 0.717) is 15.8 Å². The molecule has 0 saturated heterocycles. The van der Waals surface area contributed by atoms with Crippen molar-refractivity contribution in [1.29, 1.82) is 0 Å². The largest absolute Gasteiger partial charge is 0.487 e. The Morgan fingerprint density at radius 1 is 1.19 bits per heavy atom. The van der Waals surface area contributed by atoms with Gasteiger partial charge in [-0.15, -0.1) is 11.6 Å². The van der Waals surface area contributed by atoms with Gasteiger partial charge in [-0.1, -0.05) is 23.2 Å². The summed E-state index contributed by atoms with van der Waals surface area (Å²) >= 11 is 17.7. The zero-order valence-corrected chi connectivity index (χ0v) is 10.9. The van der Waals surface area contributed by atoms with Gasteiger partial charge in [0.15, 0.2) is 0 Å². The number of methoxy groups -OCH3 is 1. The first-order valence-electron chi connectivity index (χ1n) is 4.90. The maximum Gasteiger partial charge on any atom is 0.128 e. The zero-order chi connectivity index (χ0) is 11.7. The Morgan fingerprint density at radius 3 is 2.31 bits per heavy atom. The molecule has 3 unspecified atom stereocenters. The average molecular weight is 282 g/mol. The summed E-state index contributed by atoms with van der Waals surface area (Å²) in [5, 5.41) is 1.13. The molecule has 16 heavy (non-hydrogen) atoms. The van der Waals surface area contributed by atoms with Crippen molar-refractivity contribution in [1.82, 2.24) is 0 Å². The lowest BCUT2D eigenvalue weighted by molar-refractivity contribution is -0.0583. The molecule has 3 atom stereocenters. The van der Waals surface area contributed by atoms with Crippen LogP contribution in [-0.4, -0.2) is 24.7 Å². The van der Waals surface area contributed by atoms with Crippen LogP contribution in [0.1, 0.15) is 6.42 Å². The second-order valence-corrected chi connectivity index (χ2v) is 5.15. The van der Waals surface area contributed by atoms with Crippen LogP contribution in [0.4, 0.5) is 0 Å². The Morgan fingerprint density at radius 2 is 1.81 bits per heavy atom. The highest BCUT2D eigenvalue weighted by atomic mass is 35.5. The molecule has 0 radical (unpaired) electrons. The van der Waals surface area contributed by atoms with Gasteiger partial charge in [0.1, 0.15) is 18.0 Å². The van der Waals surface area contributed by atoms with Crippen LogP contribution in [0.5, 0.6) is 5.75 Å². The van der Waals surface area contributed by atoms with Crippen molar-refractivity contribution < 1.29 is 9.47 Å². The van der Waals surface area contributed by atoms with Crippen molar-refractivity contribution in [2.45, 2.75) is 24.0 Å². The van der Waals surface area contributed by atoms with Crippen molar-refractivity contribution in [3.63, 3.8) is 0 Å². The SMILES string of the molecule is COC1C(Cl)CC1Oc1cc(Cl)cc(Cl)c1. The molecule has 1 aliphatic rings. The molecule has 1 fully saturated rings. The minimum absolute atomic E-state index is 0.0182. The van der Waals surface area contributed by atoms with E-state index in [4.69, 9.17) is 44.3 Å². The van der Waals surface area contributed by atoms with Gasteiger partial charge in [0, 0.05) is 23.6 Å². The number of rotatable bonds is 3. The average Bonchev–Trinajstić information content (AvgIpc) is 2.15. The standard InChI is InChI=1S/C11H11Cl3O2/c1-15-11-9(14)5-10(11)16-8-3-6(12)2-7(13)4-8/h2-4,9-11H,5H2,1H3. The summed E-state index contributed by atoms with van der Waals surface area (Å²) < 4.78 is 10.9. The number of hydrogen-bond donors (Lipinski definition) is 0. The molecule has 1 aromatic carbocycles. The van der Waals surface area contributed by atoms with Gasteiger partial charge in [0.2, 0.25) is 0 Å². The molecule has 88 valence electrons. The lowest BCUT2D eigenvalue weighted by Crippen LogP contribution is -2.52. The fourth-order valence-corrected chi connectivity index (χ4v) is 2.66. The molecule has 0 aliphatic heterocycles. The third-order valence-corrected chi connectivity index (χ3v) is 3.44. The first kappa shape index (κ1) is 12.3. The molecular formula is C11H11Cl3O2. The minimum Gasteiger partial charge on any atom is -0.487 e. The molecular weight excluding hydrogens is 270 g/mol. The Hall–Kier alpha value is -0.150. The summed E-state index contributed by atoms with van der Waals surface area (Å²) in [5.41, 5.74) is 0. The summed E-state index contributed by atoms with van der Waals surface area (Å²) in [7, 11) is 1.63. The highest BCUT2D eigenvalue weighted by Gasteiger charge is 2.42. The fourth-order valence-electron chi connectivity index (χ4n) is 1.71. The van der Waals surface area contributed by atoms with Crippen molar-refractivity contribution in [3.05, 3.63) is 28.2 Å². The van der Waals surface area contributed by atoms with Crippen molar-refractivity contribution in [2.24, 2.45) is 0 Å². The van der Waals surface area contributed by atoms with E-state index in [0.717, 1.165) is 6.42 Å². The van der Waals surface area contributed by atoms with Crippen molar-refractivity contribution in [3.8, 4) is 5.75 Å². The maximum atomic E-state index is 5.98. The molecule has 0 spiro atoms. The van der Waals surface area contributed by atoms with Crippen LogP contribution in [0.2, 0.25) is 10.0 Å². The molecule has 1 aromatic rings. The molecule has 0 aromatic heterocycles. The van der Waals surface area contributed by atoms with Crippen LogP contribution in [0.25, 0.3) is 0 Å². The molecule has 0 N–H and O–H groups in total. The number of benzene rings is 1. The Labute approximate surface area is 109 Å². The Balaban J connectivity index is 2.04. The van der Waals surface area contributed by atoms with E-state index in [9.17, 15) is 0 Å². The number of ether oxygens (including phenoxy) is 2. The van der Waals surface area contributed by atoms with Crippen LogP contribution in [0.3, 0.4) is 0 Å². The highest BCUT2D eigenvalue weighted by molar-refractivity contribution is 6.34. The molecule has 0 heterocycles. The Bertz CT molecular complexity index is 363. The number of halogens is 3. The quantitative estimate of drug-likeness (QED) is 0.785. The first-order valence-corrected chi connectivity index (χ1v) is 6.09. The van der Waals surface area contributed by atoms with Gasteiger partial charge >= 0.3 is 0 Å². The molecule has 1 aliphatic carbocycles. The van der Waals surface area contributed by atoms with E-state index in [2.05, 4.69) is 0 Å². The van der Waals surface area contributed by atoms with Gasteiger partial charge in [0.05, 0.1) is 5.38 Å². The molecule has 5 heteroatoms. The minimum atomic E-state index is -0.0700. The van der Waals surface area contributed by atoms with E-state index >= 15 is 0 Å². The summed E-state index contributed by atoms with van der Waals surface area (Å²) in [5.74, 6) is 0.646. The normalized spacial score (nSPS) is 28.6. The first-order chi connectivity index (χ1) is 7.60. The molecule has 2 rings (SSSR count). The van der Waals surface area contributed by atoms with Gasteiger partial charge in [-0.25, -0.2) is 0 Å². The van der Waals surface area contributed by atoms with Crippen LogP contribution in [0.15, 0.2) is 18.2 Å². The zero-order valence-electron chi connectivity index (χ0n) is 8.62. The Kier molecular flexibility index (Phi) is 3.85. The van der Waals surface area contributed by atoms with Gasteiger partial charge in [-0.2, -0.15) is 0 Å². The van der Waals surface area contributed by atoms with Crippen molar-refractivity contribution >= 4 is 34.8 Å². The van der Waals surface area contributed by atoms with E-state index in [1.165, 1.54) is 0 Å². The topological polar surface area (TPSA) is 18.5 Å². The molecule has 1 saturated carbocycles. The van der Waals surface area contributed by atoms with Crippen LogP contribution in [-0.2, 0) is 4.74 Å². The second kappa shape index (κ2) is 5.01. The summed E-state index contributed by atoms with van der Waals surface area (Å²) in [6, 6.07) is 5.11. The summed E-state index contributed by atoms with van der Waals surface area (Å²) in [4.78, 5) is 0. The maximum absolute atomic E-state index is 5.98. The monoisotopic (exact) mass is 280 g/mol. The van der Waals surface area contributed by atoms with Gasteiger partial charge in [-0.3, -0.25) is 0 Å². The van der Waals surface area contributed by atoms with Crippen molar-refractivity contribution in [2.75, 3.05) is 7.11 Å². The van der Waals surface area contributed by atoms with E-state index in [-0.39, 0.29) is 17.6 Å². The lowest BCUT2D eigenvalue weighted by atomic mass is 9.91. The summed E-state index contributed by atoms with van der Waals surface area (Å²) in [6.45, 7) is 0. The second-order valence-electron chi connectivity index (χ2n) is 3.71. The van der Waals surface area contributed by atoms with Crippen LogP contribution < -0.4 is 4.74 Å². The van der Waals surface area contributed by atoms with Crippen LogP contribution >= 0.6 is 34.8 Å². The molecule has 2 nitrogen and oxygen atoms in total. The predicted molar refractivity (Wildman–Crippen MR) is 65.9 cm³/mol. The molecule has 0 bridgehead atoms. The highest BCUT2D eigenvalue weighted by Crippen LogP contribution is 2.34. The third-order valence-electron chi connectivity index (χ3n) is 2.58. The number of alkyl halides is 1. The van der Waals surface area contributed by atoms with Gasteiger partial charge < -0.3 is 9.47 Å². The van der Waals surface area contributed by atoms with Gasteiger partial charge in [0.25, 0.3) is 0 Å². The van der Waals surface area contributed by atoms with Gasteiger partial charge in [-0.05, 0) is 18.2 Å². The number of hydrogen-bond acceptors (Lipinski definition) is 2. The van der Waals surface area contributed by atoms with E-state index in [1.807, 2.05) is 0 Å².